The molecule has 11 heteroatoms. The molecule has 1 fully saturated rings. The van der Waals surface area contributed by atoms with Gasteiger partial charge < -0.3 is 10.2 Å². The summed E-state index contributed by atoms with van der Waals surface area (Å²) < 4.78 is 128. The normalized spacial score (nSPS) is 47.2. The van der Waals surface area contributed by atoms with Crippen LogP contribution in [0.5, 0.6) is 0 Å². The number of halogens is 9. The second kappa shape index (κ2) is 4.32. The van der Waals surface area contributed by atoms with Crippen LogP contribution in [0.15, 0.2) is 47.4 Å². The molecule has 0 spiro atoms. The molecule has 4 unspecified atom stereocenters. The average Bonchev–Trinajstić information content (AvgIpc) is 2.48. The van der Waals surface area contributed by atoms with E-state index in [0.717, 1.165) is 6.08 Å². The molecule has 0 aromatic rings. The van der Waals surface area contributed by atoms with E-state index in [1.807, 2.05) is 0 Å². The van der Waals surface area contributed by atoms with Crippen LogP contribution in [0.25, 0.3) is 0 Å². The molecular formula is C14H7F9O2. The lowest BCUT2D eigenvalue weighted by atomic mass is 9.59. The summed E-state index contributed by atoms with van der Waals surface area (Å²) in [4.78, 5) is 0. The smallest absolute Gasteiger partial charge is 0.354 e. The van der Waals surface area contributed by atoms with Gasteiger partial charge in [-0.1, -0.05) is 24.3 Å². The van der Waals surface area contributed by atoms with E-state index in [9.17, 15) is 35.8 Å². The first-order valence-electron chi connectivity index (χ1n) is 6.55. The van der Waals surface area contributed by atoms with Crippen LogP contribution in [-0.2, 0) is 0 Å². The number of rotatable bonds is 0. The maximum absolute atomic E-state index is 15.2. The summed E-state index contributed by atoms with van der Waals surface area (Å²) in [6, 6.07) is 0. The van der Waals surface area contributed by atoms with Gasteiger partial charge in [-0.3, -0.25) is 0 Å². The van der Waals surface area contributed by atoms with E-state index in [0.29, 0.717) is 6.08 Å². The van der Waals surface area contributed by atoms with Gasteiger partial charge in [0.2, 0.25) is 5.67 Å². The molecule has 0 aromatic carbocycles. The van der Waals surface area contributed by atoms with Crippen molar-refractivity contribution in [3.05, 3.63) is 47.4 Å². The van der Waals surface area contributed by atoms with Crippen molar-refractivity contribution in [3.63, 3.8) is 0 Å². The Balaban J connectivity index is 2.46. The van der Waals surface area contributed by atoms with Gasteiger partial charge in [-0.2, -0.15) is 22.0 Å². The van der Waals surface area contributed by atoms with E-state index in [1.165, 1.54) is 0 Å². The van der Waals surface area contributed by atoms with Crippen LogP contribution >= 0.6 is 0 Å². The monoisotopic (exact) mass is 378 g/mol. The minimum Gasteiger partial charge on any atom is -0.354 e. The van der Waals surface area contributed by atoms with Gasteiger partial charge in [0.15, 0.2) is 0 Å². The Hall–Kier alpha value is -1.75. The zero-order chi connectivity index (χ0) is 19.3. The summed E-state index contributed by atoms with van der Waals surface area (Å²) in [7, 11) is 0. The number of hydrogen-bond donors (Lipinski definition) is 2. The van der Waals surface area contributed by atoms with Gasteiger partial charge >= 0.3 is 17.7 Å². The molecule has 3 rings (SSSR count). The summed E-state index contributed by atoms with van der Waals surface area (Å²) in [6.07, 6.45) is 1.52. The van der Waals surface area contributed by atoms with Gasteiger partial charge in [0.05, 0.1) is 0 Å². The fraction of sp³-hybridized carbons (Fsp3) is 0.429. The summed E-state index contributed by atoms with van der Waals surface area (Å²) in [5.74, 6) is -27.0. The molecule has 138 valence electrons. The highest BCUT2D eigenvalue weighted by Crippen LogP contribution is 2.70. The van der Waals surface area contributed by atoms with Crippen molar-refractivity contribution in [1.29, 1.82) is 0 Å². The molecular weight excluding hydrogens is 371 g/mol. The van der Waals surface area contributed by atoms with Crippen molar-refractivity contribution in [3.8, 4) is 0 Å². The van der Waals surface area contributed by atoms with E-state index in [2.05, 4.69) is 0 Å². The molecule has 2 nitrogen and oxygen atoms in total. The Morgan fingerprint density at radius 2 is 1.32 bits per heavy atom. The minimum atomic E-state index is -6.67. The Kier molecular flexibility index (Phi) is 3.12. The number of alkyl halides is 8. The summed E-state index contributed by atoms with van der Waals surface area (Å²) in [5, 5.41) is 18.1. The molecule has 4 atom stereocenters. The average molecular weight is 378 g/mol. The highest BCUT2D eigenvalue weighted by Gasteiger charge is 2.95. The van der Waals surface area contributed by atoms with Crippen LogP contribution in [-0.4, -0.2) is 45.1 Å². The van der Waals surface area contributed by atoms with Gasteiger partial charge in [-0.15, -0.1) is 0 Å². The summed E-state index contributed by atoms with van der Waals surface area (Å²) in [5.41, 5.74) is -14.1. The molecule has 2 N–H and O–H groups in total. The second-order valence-electron chi connectivity index (χ2n) is 5.79. The molecule has 0 saturated heterocycles. The molecule has 0 heterocycles. The van der Waals surface area contributed by atoms with Crippen molar-refractivity contribution in [2.24, 2.45) is 0 Å². The highest BCUT2D eigenvalue weighted by molar-refractivity contribution is 5.60. The lowest BCUT2D eigenvalue weighted by molar-refractivity contribution is -0.443. The Labute approximate surface area is 133 Å². The van der Waals surface area contributed by atoms with Crippen LogP contribution < -0.4 is 0 Å². The molecule has 3 aliphatic carbocycles. The first-order chi connectivity index (χ1) is 11.1. The van der Waals surface area contributed by atoms with Crippen molar-refractivity contribution < 1.29 is 49.7 Å². The van der Waals surface area contributed by atoms with Crippen LogP contribution in [0.3, 0.4) is 0 Å². The Morgan fingerprint density at radius 3 is 1.88 bits per heavy atom. The lowest BCUT2D eigenvalue weighted by Gasteiger charge is -2.56. The van der Waals surface area contributed by atoms with Gasteiger partial charge in [0, 0.05) is 5.57 Å². The van der Waals surface area contributed by atoms with Gasteiger partial charge in [0.25, 0.3) is 11.5 Å². The van der Waals surface area contributed by atoms with E-state index in [-0.39, 0.29) is 18.2 Å². The molecule has 0 radical (unpaired) electrons. The fourth-order valence-electron chi connectivity index (χ4n) is 3.15. The maximum atomic E-state index is 15.2. The number of fused-ring (bicyclic) bond motifs is 3. The molecule has 0 aromatic heterocycles. The predicted molar refractivity (Wildman–Crippen MR) is 64.2 cm³/mol. The summed E-state index contributed by atoms with van der Waals surface area (Å²) >= 11 is 0. The third-order valence-corrected chi connectivity index (χ3v) is 4.56. The van der Waals surface area contributed by atoms with Crippen molar-refractivity contribution in [2.75, 3.05) is 0 Å². The van der Waals surface area contributed by atoms with E-state index in [1.54, 1.807) is 0 Å². The Bertz CT molecular complexity index is 777. The van der Waals surface area contributed by atoms with Crippen LogP contribution in [0.4, 0.5) is 39.5 Å². The van der Waals surface area contributed by atoms with Crippen LogP contribution in [0, 0.1) is 0 Å². The SMILES string of the molecule is OC1(F)C2=CC=C3C=CC=C(F)C3(F)C2(F)C(F)(F)C(F)(F)C1(O)F. The van der Waals surface area contributed by atoms with Gasteiger partial charge in [0.1, 0.15) is 5.83 Å². The maximum Gasteiger partial charge on any atom is 0.377 e. The first kappa shape index (κ1) is 18.1. The van der Waals surface area contributed by atoms with E-state index in [4.69, 9.17) is 5.11 Å². The third-order valence-electron chi connectivity index (χ3n) is 4.56. The summed E-state index contributed by atoms with van der Waals surface area (Å²) in [6.45, 7) is 0. The quantitative estimate of drug-likeness (QED) is 0.636. The second-order valence-corrected chi connectivity index (χ2v) is 5.79. The van der Waals surface area contributed by atoms with E-state index >= 15 is 8.78 Å². The highest BCUT2D eigenvalue weighted by atomic mass is 19.3. The van der Waals surface area contributed by atoms with Crippen molar-refractivity contribution in [1.82, 2.24) is 0 Å². The molecule has 1 saturated carbocycles. The lowest BCUT2D eigenvalue weighted by Crippen LogP contribution is -2.82. The zero-order valence-electron chi connectivity index (χ0n) is 11.7. The molecule has 25 heavy (non-hydrogen) atoms. The molecule has 0 amide bonds. The molecule has 0 bridgehead atoms. The van der Waals surface area contributed by atoms with Crippen molar-refractivity contribution >= 4 is 0 Å². The third kappa shape index (κ3) is 1.49. The fourth-order valence-corrected chi connectivity index (χ4v) is 3.15. The number of hydrogen-bond acceptors (Lipinski definition) is 2. The number of allylic oxidation sites excluding steroid dienone is 7. The van der Waals surface area contributed by atoms with Gasteiger partial charge in [-0.25, -0.2) is 17.6 Å². The standard InChI is InChI=1S/C14H7F9O2/c15-8-3-1-2-6-4-5-7-10(17,9(6,8)16)12(19,20)13(21,22)14(23,25)11(7,18)24/h1-5,24-25H. The first-order valence-corrected chi connectivity index (χ1v) is 6.55. The van der Waals surface area contributed by atoms with Gasteiger partial charge in [-0.05, 0) is 11.6 Å². The van der Waals surface area contributed by atoms with E-state index < -0.39 is 51.9 Å². The van der Waals surface area contributed by atoms with Crippen LogP contribution in [0.2, 0.25) is 0 Å². The minimum absolute atomic E-state index is 0.114. The molecule has 3 aliphatic rings. The topological polar surface area (TPSA) is 40.5 Å². The molecule has 0 aliphatic heterocycles. The van der Waals surface area contributed by atoms with Crippen molar-refractivity contribution in [2.45, 2.75) is 34.9 Å². The number of aliphatic hydroxyl groups is 2. The van der Waals surface area contributed by atoms with Crippen LogP contribution in [0.1, 0.15) is 0 Å². The Morgan fingerprint density at radius 1 is 0.760 bits per heavy atom. The zero-order valence-corrected chi connectivity index (χ0v) is 11.7. The largest absolute Gasteiger partial charge is 0.377 e. The predicted octanol–water partition coefficient (Wildman–Crippen LogP) is 3.29.